The summed E-state index contributed by atoms with van der Waals surface area (Å²) in [6.45, 7) is 0. The summed E-state index contributed by atoms with van der Waals surface area (Å²) in [5, 5.41) is 17.1. The maximum absolute atomic E-state index is 10.2. The van der Waals surface area contributed by atoms with Crippen molar-refractivity contribution in [2.75, 3.05) is 0 Å². The van der Waals surface area contributed by atoms with E-state index in [-0.39, 0.29) is 0 Å². The first kappa shape index (κ1) is 29.4. The first-order valence-electron chi connectivity index (χ1n) is 17.8. The number of rotatable bonds is 4. The highest BCUT2D eigenvalue weighted by Gasteiger charge is 2.21. The van der Waals surface area contributed by atoms with Gasteiger partial charge in [-0.05, 0) is 95.1 Å². The molecule has 0 fully saturated rings. The minimum atomic E-state index is 0.638. The highest BCUT2D eigenvalue weighted by Crippen LogP contribution is 2.42. The van der Waals surface area contributed by atoms with Gasteiger partial charge in [0, 0.05) is 43.7 Å². The number of benzene rings is 8. The van der Waals surface area contributed by atoms with E-state index in [4.69, 9.17) is 4.42 Å². The van der Waals surface area contributed by atoms with Crippen LogP contribution in [0.4, 0.5) is 0 Å². The molecule has 3 aromatic heterocycles. The second-order valence-electron chi connectivity index (χ2n) is 13.6. The van der Waals surface area contributed by atoms with Crippen molar-refractivity contribution in [3.05, 3.63) is 181 Å². The minimum absolute atomic E-state index is 0.638. The van der Waals surface area contributed by atoms with Gasteiger partial charge in [0.2, 0.25) is 0 Å². The molecule has 0 unspecified atom stereocenters. The molecule has 0 amide bonds. The van der Waals surface area contributed by atoms with E-state index in [0.29, 0.717) is 5.56 Å². The summed E-state index contributed by atoms with van der Waals surface area (Å²) in [5.41, 5.74) is 13.0. The van der Waals surface area contributed by atoms with Crippen molar-refractivity contribution in [2.24, 2.45) is 0 Å². The Morgan fingerprint density at radius 1 is 0.415 bits per heavy atom. The number of hydrogen-bond acceptors (Lipinski definition) is 2. The van der Waals surface area contributed by atoms with E-state index in [0.717, 1.165) is 82.9 Å². The Labute approximate surface area is 304 Å². The molecule has 11 aromatic rings. The molecule has 0 saturated heterocycles. The van der Waals surface area contributed by atoms with Gasteiger partial charge in [0.1, 0.15) is 5.58 Å². The number of nitriles is 1. The van der Waals surface area contributed by atoms with E-state index in [2.05, 4.69) is 155 Å². The Hall–Kier alpha value is -7.35. The Bertz CT molecular complexity index is 3300. The summed E-state index contributed by atoms with van der Waals surface area (Å²) in [5.74, 6) is 0. The predicted molar refractivity (Wildman–Crippen MR) is 218 cm³/mol. The summed E-state index contributed by atoms with van der Waals surface area (Å²) >= 11 is 0. The normalized spacial score (nSPS) is 11.8. The molecule has 0 aliphatic carbocycles. The van der Waals surface area contributed by atoms with Gasteiger partial charge < -0.3 is 13.6 Å². The molecule has 246 valence electrons. The lowest BCUT2D eigenvalue weighted by Gasteiger charge is -2.15. The van der Waals surface area contributed by atoms with Crippen LogP contribution in [0.3, 0.4) is 0 Å². The lowest BCUT2D eigenvalue weighted by atomic mass is 9.94. The van der Waals surface area contributed by atoms with Gasteiger partial charge in [0.05, 0.1) is 33.7 Å². The van der Waals surface area contributed by atoms with Crippen molar-refractivity contribution in [3.63, 3.8) is 0 Å². The third-order valence-electron chi connectivity index (χ3n) is 10.7. The lowest BCUT2D eigenvalue weighted by molar-refractivity contribution is 0.671. The second kappa shape index (κ2) is 11.3. The Balaban J connectivity index is 1.23. The van der Waals surface area contributed by atoms with Gasteiger partial charge in [0.15, 0.2) is 5.58 Å². The first-order valence-corrected chi connectivity index (χ1v) is 17.8. The molecule has 0 saturated carbocycles. The van der Waals surface area contributed by atoms with Gasteiger partial charge in [-0.25, -0.2) is 0 Å². The third kappa shape index (κ3) is 4.35. The van der Waals surface area contributed by atoms with Gasteiger partial charge in [-0.15, -0.1) is 0 Å². The van der Waals surface area contributed by atoms with Gasteiger partial charge >= 0.3 is 0 Å². The fourth-order valence-corrected chi connectivity index (χ4v) is 8.40. The van der Waals surface area contributed by atoms with Gasteiger partial charge in [0.25, 0.3) is 0 Å². The van der Waals surface area contributed by atoms with Gasteiger partial charge in [-0.3, -0.25) is 0 Å². The van der Waals surface area contributed by atoms with E-state index >= 15 is 0 Å². The highest BCUT2D eigenvalue weighted by atomic mass is 16.3. The van der Waals surface area contributed by atoms with Crippen LogP contribution < -0.4 is 0 Å². The number of aromatic nitrogens is 2. The van der Waals surface area contributed by atoms with Crippen molar-refractivity contribution in [1.82, 2.24) is 9.13 Å². The summed E-state index contributed by atoms with van der Waals surface area (Å²) < 4.78 is 11.4. The molecule has 0 aliphatic heterocycles. The quantitative estimate of drug-likeness (QED) is 0.186. The SMILES string of the molecule is N#Cc1ccccc1-c1cc(-c2ccc3c(c2)c2ccccc2n3-c2ccccc2)cc(-n2c3ccccc3c3ccc4c5ccccc5oc4c32)c1. The Kier molecular flexibility index (Phi) is 6.28. The maximum atomic E-state index is 10.2. The number of fused-ring (bicyclic) bond motifs is 10. The smallest absolute Gasteiger partial charge is 0.160 e. The zero-order valence-electron chi connectivity index (χ0n) is 28.5. The molecule has 8 aromatic carbocycles. The van der Waals surface area contributed by atoms with Gasteiger partial charge in [-0.2, -0.15) is 5.26 Å². The molecule has 11 rings (SSSR count). The van der Waals surface area contributed by atoms with Crippen LogP contribution in [0.25, 0.3) is 99.2 Å². The molecule has 4 heteroatoms. The summed E-state index contributed by atoms with van der Waals surface area (Å²) in [6.07, 6.45) is 0. The molecule has 0 spiro atoms. The zero-order chi connectivity index (χ0) is 35.0. The third-order valence-corrected chi connectivity index (χ3v) is 10.7. The molecule has 0 radical (unpaired) electrons. The van der Waals surface area contributed by atoms with E-state index < -0.39 is 0 Å². The van der Waals surface area contributed by atoms with Crippen molar-refractivity contribution in [1.29, 1.82) is 5.26 Å². The monoisotopic (exact) mass is 675 g/mol. The molecule has 0 N–H and O–H groups in total. The average Bonchev–Trinajstić information content (AvgIpc) is 3.88. The van der Waals surface area contributed by atoms with Crippen molar-refractivity contribution in [2.45, 2.75) is 0 Å². The fourth-order valence-electron chi connectivity index (χ4n) is 8.40. The summed E-state index contributed by atoms with van der Waals surface area (Å²) in [4.78, 5) is 0. The molecular weight excluding hydrogens is 647 g/mol. The lowest BCUT2D eigenvalue weighted by Crippen LogP contribution is -1.97. The predicted octanol–water partition coefficient (Wildman–Crippen LogP) is 13.0. The van der Waals surface area contributed by atoms with Crippen LogP contribution in [0, 0.1) is 11.3 Å². The number of nitrogens with zero attached hydrogens (tertiary/aromatic N) is 3. The number of furan rings is 1. The largest absolute Gasteiger partial charge is 0.454 e. The topological polar surface area (TPSA) is 46.8 Å². The van der Waals surface area contributed by atoms with E-state index in [1.54, 1.807) is 0 Å². The molecule has 0 atom stereocenters. The molecule has 0 bridgehead atoms. The van der Waals surface area contributed by atoms with Crippen molar-refractivity contribution < 1.29 is 4.42 Å². The minimum Gasteiger partial charge on any atom is -0.454 e. The fraction of sp³-hybridized carbons (Fsp3) is 0. The summed E-state index contributed by atoms with van der Waals surface area (Å²) in [6, 6.07) is 64.2. The van der Waals surface area contributed by atoms with Crippen LogP contribution >= 0.6 is 0 Å². The molecule has 0 aliphatic rings. The molecular formula is C49H29N3O. The molecule has 4 nitrogen and oxygen atoms in total. The van der Waals surface area contributed by atoms with Crippen LogP contribution in [0.15, 0.2) is 180 Å². The van der Waals surface area contributed by atoms with Crippen molar-refractivity contribution >= 4 is 65.6 Å². The van der Waals surface area contributed by atoms with Crippen LogP contribution in [-0.2, 0) is 0 Å². The van der Waals surface area contributed by atoms with Gasteiger partial charge in [-0.1, -0.05) is 103 Å². The van der Waals surface area contributed by atoms with Crippen LogP contribution in [0.2, 0.25) is 0 Å². The van der Waals surface area contributed by atoms with E-state index in [9.17, 15) is 5.26 Å². The standard InChI is InChI=1S/C49H29N3O/c50-30-32-12-4-5-15-37(32)34-26-33(31-22-25-46-43(29-31)39-17-7-9-19-44(39)51(46)35-13-2-1-3-14-35)27-36(28-34)52-45-20-10-6-16-38(45)41-23-24-42-40-18-8-11-21-47(40)53-49(42)48(41)52/h1-29H. The Morgan fingerprint density at radius 2 is 1.06 bits per heavy atom. The Morgan fingerprint density at radius 3 is 1.89 bits per heavy atom. The van der Waals surface area contributed by atoms with Crippen molar-refractivity contribution in [3.8, 4) is 39.7 Å². The molecule has 53 heavy (non-hydrogen) atoms. The average molecular weight is 676 g/mol. The summed E-state index contributed by atoms with van der Waals surface area (Å²) in [7, 11) is 0. The maximum Gasteiger partial charge on any atom is 0.160 e. The highest BCUT2D eigenvalue weighted by molar-refractivity contribution is 6.21. The van der Waals surface area contributed by atoms with E-state index in [1.807, 2.05) is 36.4 Å². The first-order chi connectivity index (χ1) is 26.2. The van der Waals surface area contributed by atoms with Crippen LogP contribution in [0.5, 0.6) is 0 Å². The zero-order valence-corrected chi connectivity index (χ0v) is 28.5. The number of hydrogen-bond donors (Lipinski definition) is 0. The second-order valence-corrected chi connectivity index (χ2v) is 13.6. The molecule has 3 heterocycles. The van der Waals surface area contributed by atoms with Crippen LogP contribution in [0.1, 0.15) is 5.56 Å². The van der Waals surface area contributed by atoms with E-state index in [1.165, 1.54) is 16.3 Å². The van der Waals surface area contributed by atoms with Crippen LogP contribution in [-0.4, -0.2) is 9.13 Å². The number of para-hydroxylation sites is 4.